The second-order valence-corrected chi connectivity index (χ2v) is 5.75. The Balaban J connectivity index is 2.04. The van der Waals surface area contributed by atoms with Crippen LogP contribution in [0.2, 0.25) is 5.02 Å². The van der Waals surface area contributed by atoms with Crippen LogP contribution in [-0.4, -0.2) is 25.0 Å². The van der Waals surface area contributed by atoms with Crippen LogP contribution in [0.1, 0.15) is 12.5 Å². The fourth-order valence-electron chi connectivity index (χ4n) is 2.01. The van der Waals surface area contributed by atoms with Crippen molar-refractivity contribution in [1.82, 2.24) is 10.6 Å². The van der Waals surface area contributed by atoms with E-state index in [4.69, 9.17) is 16.3 Å². The number of hydrogen-bond acceptors (Lipinski definition) is 4. The van der Waals surface area contributed by atoms with Crippen molar-refractivity contribution >= 4 is 29.2 Å². The first-order chi connectivity index (χ1) is 12.0. The summed E-state index contributed by atoms with van der Waals surface area (Å²) in [6, 6.07) is 12.1. The molecule has 3 N–H and O–H groups in total. The molecule has 0 unspecified atom stereocenters. The molecule has 0 spiro atoms. The van der Waals surface area contributed by atoms with Gasteiger partial charge in [-0.3, -0.25) is 10.1 Å². The number of anilines is 1. The normalized spacial score (nSPS) is 10.0. The van der Waals surface area contributed by atoms with Gasteiger partial charge in [-0.1, -0.05) is 29.3 Å². The van der Waals surface area contributed by atoms with E-state index in [0.717, 1.165) is 5.56 Å². The lowest BCUT2D eigenvalue weighted by Gasteiger charge is -2.13. The third-order valence-corrected chi connectivity index (χ3v) is 3.46. The maximum atomic E-state index is 11.8. The largest absolute Gasteiger partial charge is 0.455 e. The number of nitrogens with one attached hydrogen (secondary N) is 3. The van der Waals surface area contributed by atoms with Gasteiger partial charge < -0.3 is 15.4 Å². The standard InChI is InChI=1S/C18H20ClN3O3/c1-3-20-18(24)22-17(23)11-21-15-10-13(19)6-9-16(15)25-14-7-4-12(2)5-8-14/h4-10,21H,3,11H2,1-2H3,(H2,20,22,23,24). The lowest BCUT2D eigenvalue weighted by Crippen LogP contribution is -2.41. The van der Waals surface area contributed by atoms with E-state index in [1.54, 1.807) is 25.1 Å². The van der Waals surface area contributed by atoms with Gasteiger partial charge in [0.15, 0.2) is 5.75 Å². The molecule has 0 radical (unpaired) electrons. The molecule has 0 aliphatic heterocycles. The van der Waals surface area contributed by atoms with Gasteiger partial charge >= 0.3 is 6.03 Å². The monoisotopic (exact) mass is 361 g/mol. The zero-order valence-corrected chi connectivity index (χ0v) is 14.8. The van der Waals surface area contributed by atoms with Gasteiger partial charge in [-0.05, 0) is 44.2 Å². The van der Waals surface area contributed by atoms with Crippen molar-refractivity contribution in [3.63, 3.8) is 0 Å². The van der Waals surface area contributed by atoms with Crippen LogP contribution in [-0.2, 0) is 4.79 Å². The molecule has 0 bridgehead atoms. The molecule has 0 aliphatic carbocycles. The summed E-state index contributed by atoms with van der Waals surface area (Å²) in [7, 11) is 0. The molecule has 2 aromatic carbocycles. The minimum absolute atomic E-state index is 0.0955. The van der Waals surface area contributed by atoms with Crippen molar-refractivity contribution in [2.45, 2.75) is 13.8 Å². The van der Waals surface area contributed by atoms with Crippen LogP contribution in [0.25, 0.3) is 0 Å². The minimum atomic E-state index is -0.531. The van der Waals surface area contributed by atoms with Crippen LogP contribution in [0.3, 0.4) is 0 Å². The molecular formula is C18H20ClN3O3. The Hall–Kier alpha value is -2.73. The quantitative estimate of drug-likeness (QED) is 0.733. The molecule has 6 nitrogen and oxygen atoms in total. The van der Waals surface area contributed by atoms with Gasteiger partial charge in [0.2, 0.25) is 5.91 Å². The summed E-state index contributed by atoms with van der Waals surface area (Å²) in [5.74, 6) is 0.731. The highest BCUT2D eigenvalue weighted by molar-refractivity contribution is 6.31. The van der Waals surface area contributed by atoms with Crippen molar-refractivity contribution < 1.29 is 14.3 Å². The Kier molecular flexibility index (Phi) is 6.65. The zero-order valence-electron chi connectivity index (χ0n) is 14.1. The highest BCUT2D eigenvalue weighted by atomic mass is 35.5. The molecular weight excluding hydrogens is 342 g/mol. The lowest BCUT2D eigenvalue weighted by molar-refractivity contribution is -0.118. The molecule has 7 heteroatoms. The van der Waals surface area contributed by atoms with Crippen LogP contribution in [0.4, 0.5) is 10.5 Å². The first-order valence-corrected chi connectivity index (χ1v) is 8.21. The molecule has 0 saturated heterocycles. The molecule has 0 aromatic heterocycles. The second kappa shape index (κ2) is 8.94. The van der Waals surface area contributed by atoms with Crippen molar-refractivity contribution in [2.24, 2.45) is 0 Å². The summed E-state index contributed by atoms with van der Waals surface area (Å²) in [5.41, 5.74) is 1.68. The van der Waals surface area contributed by atoms with Crippen LogP contribution in [0, 0.1) is 6.92 Å². The number of carbonyl (C=O) groups excluding carboxylic acids is 2. The fourth-order valence-corrected chi connectivity index (χ4v) is 2.19. The molecule has 3 amide bonds. The van der Waals surface area contributed by atoms with E-state index >= 15 is 0 Å². The smallest absolute Gasteiger partial charge is 0.321 e. The van der Waals surface area contributed by atoms with E-state index in [1.165, 1.54) is 0 Å². The number of aryl methyl sites for hydroxylation is 1. The van der Waals surface area contributed by atoms with Gasteiger partial charge in [-0.2, -0.15) is 0 Å². The van der Waals surface area contributed by atoms with E-state index in [9.17, 15) is 9.59 Å². The second-order valence-electron chi connectivity index (χ2n) is 5.32. The Morgan fingerprint density at radius 3 is 2.52 bits per heavy atom. The van der Waals surface area contributed by atoms with Crippen molar-refractivity contribution in [1.29, 1.82) is 0 Å². The zero-order chi connectivity index (χ0) is 18.2. The lowest BCUT2D eigenvalue weighted by atomic mass is 10.2. The Labute approximate surface area is 151 Å². The van der Waals surface area contributed by atoms with Crippen LogP contribution in [0.15, 0.2) is 42.5 Å². The number of rotatable bonds is 6. The van der Waals surface area contributed by atoms with Gasteiger partial charge in [0, 0.05) is 11.6 Å². The summed E-state index contributed by atoms with van der Waals surface area (Å²) < 4.78 is 5.84. The fraction of sp³-hybridized carbons (Fsp3) is 0.222. The van der Waals surface area contributed by atoms with Gasteiger partial charge in [0.25, 0.3) is 0 Å². The van der Waals surface area contributed by atoms with E-state index in [0.29, 0.717) is 28.8 Å². The summed E-state index contributed by atoms with van der Waals surface area (Å²) in [4.78, 5) is 23.1. The molecule has 0 heterocycles. The molecule has 2 rings (SSSR count). The molecule has 132 valence electrons. The summed E-state index contributed by atoms with van der Waals surface area (Å²) in [6.45, 7) is 4.10. The molecule has 2 aromatic rings. The number of halogens is 1. The number of carbonyl (C=O) groups is 2. The van der Waals surface area contributed by atoms with E-state index in [1.807, 2.05) is 31.2 Å². The Morgan fingerprint density at radius 1 is 1.12 bits per heavy atom. The predicted octanol–water partition coefficient (Wildman–Crippen LogP) is 3.70. The highest BCUT2D eigenvalue weighted by Gasteiger charge is 2.10. The van der Waals surface area contributed by atoms with Gasteiger partial charge in [-0.25, -0.2) is 4.79 Å². The SMILES string of the molecule is CCNC(=O)NC(=O)CNc1cc(Cl)ccc1Oc1ccc(C)cc1. The molecule has 0 saturated carbocycles. The topological polar surface area (TPSA) is 79.5 Å². The number of hydrogen-bond donors (Lipinski definition) is 3. The number of amides is 3. The predicted molar refractivity (Wildman–Crippen MR) is 98.4 cm³/mol. The molecule has 0 fully saturated rings. The Bertz CT molecular complexity index is 748. The highest BCUT2D eigenvalue weighted by Crippen LogP contribution is 2.32. The Morgan fingerprint density at radius 2 is 1.84 bits per heavy atom. The number of imide groups is 1. The maximum absolute atomic E-state index is 11.8. The number of benzene rings is 2. The molecule has 25 heavy (non-hydrogen) atoms. The number of urea groups is 1. The summed E-state index contributed by atoms with van der Waals surface area (Å²) in [5, 5.41) is 8.14. The number of ether oxygens (including phenoxy) is 1. The summed E-state index contributed by atoms with van der Waals surface area (Å²) in [6.07, 6.45) is 0. The first-order valence-electron chi connectivity index (χ1n) is 7.83. The van der Waals surface area contributed by atoms with Crippen LogP contribution in [0.5, 0.6) is 11.5 Å². The minimum Gasteiger partial charge on any atom is -0.455 e. The van der Waals surface area contributed by atoms with Crippen LogP contribution < -0.4 is 20.7 Å². The third kappa shape index (κ3) is 6.00. The van der Waals surface area contributed by atoms with E-state index < -0.39 is 11.9 Å². The molecule has 0 aliphatic rings. The third-order valence-electron chi connectivity index (χ3n) is 3.22. The van der Waals surface area contributed by atoms with Crippen molar-refractivity contribution in [2.75, 3.05) is 18.4 Å². The van der Waals surface area contributed by atoms with Crippen molar-refractivity contribution in [3.05, 3.63) is 53.1 Å². The molecule has 0 atom stereocenters. The van der Waals surface area contributed by atoms with Gasteiger partial charge in [-0.15, -0.1) is 0 Å². The van der Waals surface area contributed by atoms with Gasteiger partial charge in [0.05, 0.1) is 12.2 Å². The van der Waals surface area contributed by atoms with E-state index in [-0.39, 0.29) is 6.54 Å². The van der Waals surface area contributed by atoms with Crippen LogP contribution >= 0.6 is 11.6 Å². The first kappa shape index (κ1) is 18.6. The maximum Gasteiger partial charge on any atom is 0.321 e. The van der Waals surface area contributed by atoms with E-state index in [2.05, 4.69) is 16.0 Å². The summed E-state index contributed by atoms with van der Waals surface area (Å²) >= 11 is 6.02. The average Bonchev–Trinajstić information content (AvgIpc) is 2.57. The van der Waals surface area contributed by atoms with Crippen molar-refractivity contribution in [3.8, 4) is 11.5 Å². The van der Waals surface area contributed by atoms with Gasteiger partial charge in [0.1, 0.15) is 5.75 Å². The average molecular weight is 362 g/mol.